The molecule has 0 saturated heterocycles. The molecule has 144 valence electrons. The molecule has 0 aliphatic heterocycles. The van der Waals surface area contributed by atoms with Gasteiger partial charge in [-0.2, -0.15) is 5.10 Å². The maximum atomic E-state index is 10.5. The Bertz CT molecular complexity index is 1170. The molecule has 0 atom stereocenters. The highest BCUT2D eigenvalue weighted by atomic mass is 32.1. The molecule has 3 N–H and O–H groups in total. The molecule has 2 aromatic carbocycles. The van der Waals surface area contributed by atoms with Crippen LogP contribution in [0.2, 0.25) is 0 Å². The Morgan fingerprint density at radius 3 is 2.61 bits per heavy atom. The van der Waals surface area contributed by atoms with Crippen molar-refractivity contribution < 1.29 is 10.2 Å². The number of benzene rings is 2. The third-order valence-electron chi connectivity index (χ3n) is 5.18. The third kappa shape index (κ3) is 2.85. The topological polar surface area (TPSA) is 74.1 Å². The molecule has 0 unspecified atom stereocenters. The monoisotopic (exact) mass is 393 g/mol. The number of hydrogen-bond acceptors (Lipinski definition) is 4. The SMILES string of the molecule is CCc1cc(-c2[nH]nc(S)c2-c2cccc3c2ccn3C(C)C)c(O)cc1O. The van der Waals surface area contributed by atoms with Gasteiger partial charge in [-0.3, -0.25) is 5.10 Å². The zero-order valence-electron chi connectivity index (χ0n) is 16.1. The van der Waals surface area contributed by atoms with Crippen LogP contribution in [0.25, 0.3) is 33.3 Å². The van der Waals surface area contributed by atoms with E-state index in [1.165, 1.54) is 6.07 Å². The predicted octanol–water partition coefficient (Wildman–Crippen LogP) is 5.54. The molecule has 6 heteroatoms. The van der Waals surface area contributed by atoms with Crippen molar-refractivity contribution in [1.29, 1.82) is 0 Å². The summed E-state index contributed by atoms with van der Waals surface area (Å²) in [5.74, 6) is 0.0897. The molecule has 0 radical (unpaired) electrons. The normalized spacial score (nSPS) is 11.6. The van der Waals surface area contributed by atoms with Crippen molar-refractivity contribution in [3.05, 3.63) is 48.2 Å². The minimum Gasteiger partial charge on any atom is -0.508 e. The average molecular weight is 394 g/mol. The minimum atomic E-state index is -0.000131. The molecule has 0 saturated carbocycles. The van der Waals surface area contributed by atoms with Crippen LogP contribution in [0.3, 0.4) is 0 Å². The van der Waals surface area contributed by atoms with Crippen LogP contribution in [-0.4, -0.2) is 25.0 Å². The first-order valence-corrected chi connectivity index (χ1v) is 9.79. The van der Waals surface area contributed by atoms with Crippen LogP contribution in [0, 0.1) is 0 Å². The first-order chi connectivity index (χ1) is 13.4. The van der Waals surface area contributed by atoms with E-state index < -0.39 is 0 Å². The number of nitrogens with zero attached hydrogens (tertiary/aromatic N) is 2. The van der Waals surface area contributed by atoms with Crippen LogP contribution < -0.4 is 0 Å². The van der Waals surface area contributed by atoms with Gasteiger partial charge in [0.15, 0.2) is 0 Å². The highest BCUT2D eigenvalue weighted by Gasteiger charge is 2.21. The summed E-state index contributed by atoms with van der Waals surface area (Å²) in [5.41, 5.74) is 5.00. The number of hydrogen-bond donors (Lipinski definition) is 4. The molecule has 5 nitrogen and oxygen atoms in total. The Balaban J connectivity index is 1.98. The van der Waals surface area contributed by atoms with Gasteiger partial charge in [0.2, 0.25) is 0 Å². The first kappa shape index (κ1) is 18.5. The van der Waals surface area contributed by atoms with Crippen molar-refractivity contribution in [2.75, 3.05) is 0 Å². The zero-order chi connectivity index (χ0) is 20.0. The predicted molar refractivity (Wildman–Crippen MR) is 115 cm³/mol. The fourth-order valence-electron chi connectivity index (χ4n) is 3.74. The van der Waals surface area contributed by atoms with Gasteiger partial charge < -0.3 is 14.8 Å². The summed E-state index contributed by atoms with van der Waals surface area (Å²) in [4.78, 5) is 0. The number of phenolic OH excluding ortho intramolecular Hbond substituents is 2. The van der Waals surface area contributed by atoms with Crippen LogP contribution >= 0.6 is 12.6 Å². The minimum absolute atomic E-state index is 0.000131. The Labute approximate surface area is 169 Å². The lowest BCUT2D eigenvalue weighted by Crippen LogP contribution is -1.97. The fourth-order valence-corrected chi connectivity index (χ4v) is 4.03. The van der Waals surface area contributed by atoms with E-state index in [4.69, 9.17) is 0 Å². The lowest BCUT2D eigenvalue weighted by molar-refractivity contribution is 0.447. The smallest absolute Gasteiger partial charge is 0.128 e. The summed E-state index contributed by atoms with van der Waals surface area (Å²) in [6.45, 7) is 6.27. The molecular formula is C22H23N3O2S. The van der Waals surface area contributed by atoms with Gasteiger partial charge in [-0.15, -0.1) is 12.6 Å². The van der Waals surface area contributed by atoms with Gasteiger partial charge in [0.25, 0.3) is 0 Å². The van der Waals surface area contributed by atoms with Gasteiger partial charge in [-0.1, -0.05) is 19.1 Å². The van der Waals surface area contributed by atoms with Crippen LogP contribution in [0.1, 0.15) is 32.4 Å². The quantitative estimate of drug-likeness (QED) is 0.344. The van der Waals surface area contributed by atoms with E-state index in [0.29, 0.717) is 28.7 Å². The van der Waals surface area contributed by atoms with E-state index in [1.807, 2.05) is 19.1 Å². The van der Waals surface area contributed by atoms with E-state index in [-0.39, 0.29) is 11.5 Å². The number of aromatic nitrogens is 3. The second-order valence-electron chi connectivity index (χ2n) is 7.20. The summed E-state index contributed by atoms with van der Waals surface area (Å²) in [6.07, 6.45) is 2.74. The molecule has 0 spiro atoms. The van der Waals surface area contributed by atoms with Crippen LogP contribution in [0.15, 0.2) is 47.6 Å². The number of aromatic hydroxyl groups is 2. The van der Waals surface area contributed by atoms with Gasteiger partial charge in [-0.05, 0) is 49.6 Å². The van der Waals surface area contributed by atoms with E-state index in [1.54, 1.807) is 6.07 Å². The van der Waals surface area contributed by atoms with Gasteiger partial charge in [0.05, 0.1) is 5.69 Å². The number of rotatable bonds is 4. The molecule has 4 rings (SSSR count). The molecule has 0 aliphatic rings. The summed E-state index contributed by atoms with van der Waals surface area (Å²) < 4.78 is 2.23. The molecule has 0 fully saturated rings. The number of H-pyrrole nitrogens is 1. The van der Waals surface area contributed by atoms with Crippen molar-refractivity contribution in [1.82, 2.24) is 14.8 Å². The number of fused-ring (bicyclic) bond motifs is 1. The van der Waals surface area contributed by atoms with Crippen molar-refractivity contribution in [2.24, 2.45) is 0 Å². The van der Waals surface area contributed by atoms with Crippen molar-refractivity contribution in [3.63, 3.8) is 0 Å². The first-order valence-electron chi connectivity index (χ1n) is 9.34. The molecule has 0 amide bonds. The maximum absolute atomic E-state index is 10.5. The van der Waals surface area contributed by atoms with E-state index in [0.717, 1.165) is 27.6 Å². The summed E-state index contributed by atoms with van der Waals surface area (Å²) in [7, 11) is 0. The summed E-state index contributed by atoms with van der Waals surface area (Å²) >= 11 is 4.58. The molecule has 0 bridgehead atoms. The van der Waals surface area contributed by atoms with Gasteiger partial charge in [0.1, 0.15) is 16.5 Å². The zero-order valence-corrected chi connectivity index (χ0v) is 17.0. The second kappa shape index (κ2) is 6.95. The average Bonchev–Trinajstić information content (AvgIpc) is 3.25. The molecule has 28 heavy (non-hydrogen) atoms. The van der Waals surface area contributed by atoms with Gasteiger partial charge >= 0.3 is 0 Å². The largest absolute Gasteiger partial charge is 0.508 e. The number of nitrogens with one attached hydrogen (secondary N) is 1. The molecule has 2 aromatic heterocycles. The van der Waals surface area contributed by atoms with Gasteiger partial charge in [-0.25, -0.2) is 0 Å². The Kier molecular flexibility index (Phi) is 4.59. The van der Waals surface area contributed by atoms with Crippen LogP contribution in [0.5, 0.6) is 11.5 Å². The molecule has 2 heterocycles. The Morgan fingerprint density at radius 2 is 1.89 bits per heavy atom. The van der Waals surface area contributed by atoms with Crippen LogP contribution in [-0.2, 0) is 6.42 Å². The third-order valence-corrected chi connectivity index (χ3v) is 5.51. The summed E-state index contributed by atoms with van der Waals surface area (Å²) in [5, 5.41) is 29.5. The fraction of sp³-hybridized carbons (Fsp3) is 0.227. The number of phenols is 2. The van der Waals surface area contributed by atoms with Gasteiger partial charge in [0, 0.05) is 40.3 Å². The van der Waals surface area contributed by atoms with Crippen molar-refractivity contribution >= 4 is 23.5 Å². The number of aromatic amines is 1. The van der Waals surface area contributed by atoms with Crippen molar-refractivity contribution in [3.8, 4) is 33.9 Å². The standard InChI is InChI=1S/C22H23N3O2S/c1-4-13-10-16(19(27)11-18(13)26)21-20(22(28)24-23-21)15-6-5-7-17-14(15)8-9-25(17)12(2)3/h5-12,26-27H,4H2,1-3H3,(H2,23,24,28). The lowest BCUT2D eigenvalue weighted by Gasteiger charge is -2.12. The number of thiol groups is 1. The van der Waals surface area contributed by atoms with E-state index in [9.17, 15) is 10.2 Å². The second-order valence-corrected chi connectivity index (χ2v) is 7.63. The Hall–Kier alpha value is -2.86. The highest BCUT2D eigenvalue weighted by Crippen LogP contribution is 2.43. The Morgan fingerprint density at radius 1 is 1.11 bits per heavy atom. The van der Waals surface area contributed by atoms with E-state index >= 15 is 0 Å². The molecular weight excluding hydrogens is 370 g/mol. The van der Waals surface area contributed by atoms with E-state index in [2.05, 4.69) is 59.6 Å². The summed E-state index contributed by atoms with van der Waals surface area (Å²) in [6, 6.07) is 11.8. The molecule has 4 aromatic rings. The number of aryl methyl sites for hydroxylation is 1. The van der Waals surface area contributed by atoms with Crippen molar-refractivity contribution in [2.45, 2.75) is 38.3 Å². The lowest BCUT2D eigenvalue weighted by atomic mass is 9.96. The maximum Gasteiger partial charge on any atom is 0.128 e. The molecule has 0 aliphatic carbocycles. The highest BCUT2D eigenvalue weighted by molar-refractivity contribution is 7.80. The van der Waals surface area contributed by atoms with Crippen LogP contribution in [0.4, 0.5) is 0 Å².